The predicted molar refractivity (Wildman–Crippen MR) is 64.4 cm³/mol. The van der Waals surface area contributed by atoms with E-state index in [1.165, 1.54) is 6.42 Å². The molecule has 3 nitrogen and oxygen atoms in total. The van der Waals surface area contributed by atoms with Crippen LogP contribution in [0.5, 0.6) is 0 Å². The first-order valence-corrected chi connectivity index (χ1v) is 6.43. The average Bonchev–Trinajstić information content (AvgIpc) is 2.69. The summed E-state index contributed by atoms with van der Waals surface area (Å²) in [6.07, 6.45) is 2.94. The lowest BCUT2D eigenvalue weighted by Crippen LogP contribution is -2.46. The van der Waals surface area contributed by atoms with Gasteiger partial charge in [-0.05, 0) is 53.5 Å². The molecule has 2 rings (SSSR count). The lowest BCUT2D eigenvalue weighted by Gasteiger charge is -2.33. The normalized spacial score (nSPS) is 38.8. The Hall–Kier alpha value is -0.120. The summed E-state index contributed by atoms with van der Waals surface area (Å²) in [7, 11) is 0. The van der Waals surface area contributed by atoms with Crippen LogP contribution in [0, 0.1) is 5.92 Å². The maximum Gasteiger partial charge on any atom is 0.0749 e. The number of hydrogen-bond acceptors (Lipinski definition) is 3. The molecule has 2 fully saturated rings. The largest absolute Gasteiger partial charge is 0.391 e. The van der Waals surface area contributed by atoms with E-state index >= 15 is 0 Å². The molecule has 0 aromatic rings. The van der Waals surface area contributed by atoms with Gasteiger partial charge in [0.25, 0.3) is 0 Å². The molecule has 2 heterocycles. The third-order valence-corrected chi connectivity index (χ3v) is 4.07. The molecule has 0 saturated carbocycles. The van der Waals surface area contributed by atoms with E-state index in [1.54, 1.807) is 0 Å². The van der Waals surface area contributed by atoms with Gasteiger partial charge in [-0.25, -0.2) is 0 Å². The lowest BCUT2D eigenvalue weighted by atomic mass is 9.80. The maximum atomic E-state index is 10.5. The Balaban J connectivity index is 2.08. The van der Waals surface area contributed by atoms with Gasteiger partial charge in [-0.2, -0.15) is 0 Å². The highest BCUT2D eigenvalue weighted by Gasteiger charge is 2.50. The van der Waals surface area contributed by atoms with Crippen molar-refractivity contribution in [1.82, 2.24) is 5.32 Å². The molecule has 0 bridgehead atoms. The van der Waals surface area contributed by atoms with Gasteiger partial charge in [0.15, 0.2) is 0 Å². The van der Waals surface area contributed by atoms with Crippen LogP contribution in [0.4, 0.5) is 0 Å². The molecule has 0 aromatic carbocycles. The Morgan fingerprint density at radius 1 is 1.31 bits per heavy atom. The van der Waals surface area contributed by atoms with E-state index in [2.05, 4.69) is 33.0 Å². The third-order valence-electron chi connectivity index (χ3n) is 4.07. The van der Waals surface area contributed by atoms with Crippen molar-refractivity contribution < 1.29 is 9.84 Å². The summed E-state index contributed by atoms with van der Waals surface area (Å²) in [6.45, 7) is 9.47. The van der Waals surface area contributed by atoms with Gasteiger partial charge in [0.05, 0.1) is 17.3 Å². The summed E-state index contributed by atoms with van der Waals surface area (Å²) in [5.41, 5.74) is -0.319. The molecule has 0 spiro atoms. The molecule has 2 aliphatic heterocycles. The second-order valence-corrected chi connectivity index (χ2v) is 6.47. The molecular formula is C13H25NO2. The van der Waals surface area contributed by atoms with Crippen LogP contribution in [0.1, 0.15) is 47.0 Å². The fourth-order valence-electron chi connectivity index (χ4n) is 3.42. The van der Waals surface area contributed by atoms with Crippen LogP contribution in [-0.2, 0) is 4.74 Å². The van der Waals surface area contributed by atoms with E-state index in [0.717, 1.165) is 19.4 Å². The zero-order valence-corrected chi connectivity index (χ0v) is 10.9. The van der Waals surface area contributed by atoms with Gasteiger partial charge in [-0.3, -0.25) is 0 Å². The monoisotopic (exact) mass is 227 g/mol. The Morgan fingerprint density at radius 2 is 2.00 bits per heavy atom. The molecule has 0 aromatic heterocycles. The van der Waals surface area contributed by atoms with Crippen molar-refractivity contribution in [3.8, 4) is 0 Å². The maximum absolute atomic E-state index is 10.5. The fraction of sp³-hybridized carbons (Fsp3) is 1.00. The van der Waals surface area contributed by atoms with Crippen LogP contribution in [0.3, 0.4) is 0 Å². The number of hydrogen-bond donors (Lipinski definition) is 2. The molecule has 3 unspecified atom stereocenters. The van der Waals surface area contributed by atoms with Crippen molar-refractivity contribution in [3.05, 3.63) is 0 Å². The van der Waals surface area contributed by atoms with E-state index in [1.807, 2.05) is 0 Å². The number of aliphatic hydroxyl groups excluding tert-OH is 1. The highest BCUT2D eigenvalue weighted by atomic mass is 16.5. The zero-order chi connectivity index (χ0) is 12.0. The summed E-state index contributed by atoms with van der Waals surface area (Å²) < 4.78 is 6.04. The van der Waals surface area contributed by atoms with Crippen molar-refractivity contribution in [2.24, 2.45) is 5.92 Å². The van der Waals surface area contributed by atoms with Crippen LogP contribution in [-0.4, -0.2) is 35.0 Å². The Bertz CT molecular complexity index is 257. The van der Waals surface area contributed by atoms with Crippen LogP contribution in [0.15, 0.2) is 0 Å². The summed E-state index contributed by atoms with van der Waals surface area (Å²) in [5, 5.41) is 13.9. The van der Waals surface area contributed by atoms with E-state index < -0.39 is 0 Å². The molecule has 94 valence electrons. The minimum absolute atomic E-state index is 0.103. The molecule has 0 aliphatic carbocycles. The highest BCUT2D eigenvalue weighted by Crippen LogP contribution is 2.44. The van der Waals surface area contributed by atoms with Crippen molar-refractivity contribution in [2.45, 2.75) is 70.3 Å². The first kappa shape index (κ1) is 12.3. The molecular weight excluding hydrogens is 202 g/mol. The van der Waals surface area contributed by atoms with Gasteiger partial charge in [0.1, 0.15) is 0 Å². The predicted octanol–water partition coefficient (Wildman–Crippen LogP) is 1.69. The number of ether oxygens (including phenoxy) is 1. The van der Waals surface area contributed by atoms with Gasteiger partial charge in [-0.1, -0.05) is 0 Å². The van der Waals surface area contributed by atoms with Gasteiger partial charge < -0.3 is 15.2 Å². The smallest absolute Gasteiger partial charge is 0.0749 e. The first-order valence-electron chi connectivity index (χ1n) is 6.43. The fourth-order valence-corrected chi connectivity index (χ4v) is 3.42. The minimum atomic E-state index is -0.278. The van der Waals surface area contributed by atoms with Crippen LogP contribution in [0.25, 0.3) is 0 Å². The van der Waals surface area contributed by atoms with Crippen LogP contribution >= 0.6 is 0 Å². The minimum Gasteiger partial charge on any atom is -0.391 e. The number of nitrogens with one attached hydrogen (secondary N) is 1. The van der Waals surface area contributed by atoms with Gasteiger partial charge in [0.2, 0.25) is 0 Å². The van der Waals surface area contributed by atoms with E-state index in [0.29, 0.717) is 0 Å². The molecule has 2 saturated heterocycles. The van der Waals surface area contributed by atoms with E-state index in [9.17, 15) is 5.11 Å². The number of rotatable bonds is 2. The summed E-state index contributed by atoms with van der Waals surface area (Å²) in [4.78, 5) is 0. The number of aliphatic hydroxyl groups is 1. The molecule has 0 radical (unpaired) electrons. The highest BCUT2D eigenvalue weighted by molar-refractivity contribution is 5.00. The Kier molecular flexibility index (Phi) is 3.06. The van der Waals surface area contributed by atoms with Crippen molar-refractivity contribution >= 4 is 0 Å². The SMILES string of the molecule is CC1(C)CC(C(O)C2CCCN2)C(C)(C)O1. The van der Waals surface area contributed by atoms with Crippen molar-refractivity contribution in [1.29, 1.82) is 0 Å². The third kappa shape index (κ3) is 2.27. The van der Waals surface area contributed by atoms with Crippen molar-refractivity contribution in [3.63, 3.8) is 0 Å². The summed E-state index contributed by atoms with van der Waals surface area (Å²) >= 11 is 0. The Morgan fingerprint density at radius 3 is 2.44 bits per heavy atom. The quantitative estimate of drug-likeness (QED) is 0.754. The average molecular weight is 227 g/mol. The standard InChI is InChI=1S/C13H25NO2/c1-12(2)8-9(13(3,4)16-12)11(15)10-6-5-7-14-10/h9-11,14-15H,5-8H2,1-4H3. The van der Waals surface area contributed by atoms with Crippen molar-refractivity contribution in [2.75, 3.05) is 6.54 Å². The molecule has 2 aliphatic rings. The van der Waals surface area contributed by atoms with Crippen LogP contribution < -0.4 is 5.32 Å². The molecule has 3 heteroatoms. The zero-order valence-electron chi connectivity index (χ0n) is 10.9. The van der Waals surface area contributed by atoms with Crippen LogP contribution in [0.2, 0.25) is 0 Å². The first-order chi connectivity index (χ1) is 7.32. The summed E-state index contributed by atoms with van der Waals surface area (Å²) in [5.74, 6) is 0.234. The Labute approximate surface area is 98.6 Å². The second-order valence-electron chi connectivity index (χ2n) is 6.47. The molecule has 0 amide bonds. The van der Waals surface area contributed by atoms with E-state index in [4.69, 9.17) is 4.74 Å². The molecule has 16 heavy (non-hydrogen) atoms. The molecule has 3 atom stereocenters. The van der Waals surface area contributed by atoms with E-state index in [-0.39, 0.29) is 29.3 Å². The topological polar surface area (TPSA) is 41.5 Å². The lowest BCUT2D eigenvalue weighted by molar-refractivity contribution is -0.0903. The van der Waals surface area contributed by atoms with Gasteiger partial charge in [0, 0.05) is 12.0 Å². The second kappa shape index (κ2) is 3.97. The van der Waals surface area contributed by atoms with Gasteiger partial charge >= 0.3 is 0 Å². The van der Waals surface area contributed by atoms with Gasteiger partial charge in [-0.15, -0.1) is 0 Å². The molecule has 2 N–H and O–H groups in total. The summed E-state index contributed by atoms with van der Waals surface area (Å²) in [6, 6.07) is 0.266.